The minimum atomic E-state index is -0.607. The van der Waals surface area contributed by atoms with E-state index in [9.17, 15) is 4.79 Å². The lowest BCUT2D eigenvalue weighted by atomic mass is 9.64. The van der Waals surface area contributed by atoms with E-state index in [1.807, 2.05) is 0 Å². The summed E-state index contributed by atoms with van der Waals surface area (Å²) in [4.78, 5) is 13.2. The maximum Gasteiger partial charge on any atom is 0.185 e. The summed E-state index contributed by atoms with van der Waals surface area (Å²) in [5.74, 6) is 0.160. The van der Waals surface area contributed by atoms with Crippen molar-refractivity contribution < 1.29 is 9.53 Å². The molecule has 0 fully saturated rings. The van der Waals surface area contributed by atoms with E-state index < -0.39 is 5.60 Å². The molecule has 0 atom stereocenters. The summed E-state index contributed by atoms with van der Waals surface area (Å²) in [7, 11) is 0. The standard InChI is InChI=1S/C22H38O2/c1-18(2,3)15-13-22(20(7,8)9,24-21(10,11)12)14-16(17(15)23)19(4,5)6/h13-14H,1-12H3. The summed E-state index contributed by atoms with van der Waals surface area (Å²) < 4.78 is 6.62. The van der Waals surface area contributed by atoms with Crippen LogP contribution in [0.15, 0.2) is 23.3 Å². The molecule has 1 aliphatic rings. The molecule has 0 heterocycles. The summed E-state index contributed by atoms with van der Waals surface area (Å²) in [5.41, 5.74) is 0.174. The number of allylic oxidation sites excluding steroid dienone is 2. The number of ether oxygens (including phenoxy) is 1. The number of hydrogen-bond acceptors (Lipinski definition) is 2. The van der Waals surface area contributed by atoms with Gasteiger partial charge in [0.25, 0.3) is 0 Å². The van der Waals surface area contributed by atoms with Gasteiger partial charge in [0.2, 0.25) is 0 Å². The molecule has 138 valence electrons. The Morgan fingerprint density at radius 2 is 1.04 bits per heavy atom. The molecule has 0 radical (unpaired) electrons. The van der Waals surface area contributed by atoms with E-state index in [4.69, 9.17) is 4.74 Å². The second-order valence-electron chi connectivity index (χ2n) is 11.2. The van der Waals surface area contributed by atoms with Crippen LogP contribution in [0, 0.1) is 16.2 Å². The van der Waals surface area contributed by atoms with E-state index in [0.29, 0.717) is 0 Å². The fraction of sp³-hybridized carbons (Fsp3) is 0.773. The first-order valence-corrected chi connectivity index (χ1v) is 9.02. The zero-order valence-electron chi connectivity index (χ0n) is 18.0. The predicted octanol–water partition coefficient (Wildman–Crippen LogP) is 6.11. The number of Topliss-reactive ketones (excluding diaryl/α,β-unsaturated/α-hetero) is 1. The zero-order valence-corrected chi connectivity index (χ0v) is 18.0. The number of carbonyl (C=O) groups excluding carboxylic acids is 1. The van der Waals surface area contributed by atoms with Crippen molar-refractivity contribution in [3.8, 4) is 0 Å². The average molecular weight is 335 g/mol. The maximum atomic E-state index is 13.2. The van der Waals surface area contributed by atoms with Crippen molar-refractivity contribution in [2.45, 2.75) is 94.3 Å². The summed E-state index contributed by atoms with van der Waals surface area (Å²) in [6.45, 7) is 25.4. The van der Waals surface area contributed by atoms with E-state index >= 15 is 0 Å². The molecule has 2 heteroatoms. The summed E-state index contributed by atoms with van der Waals surface area (Å²) in [5, 5.41) is 0. The lowest BCUT2D eigenvalue weighted by Gasteiger charge is -2.49. The molecule has 0 amide bonds. The van der Waals surface area contributed by atoms with Gasteiger partial charge in [-0.1, -0.05) is 62.3 Å². The van der Waals surface area contributed by atoms with Crippen molar-refractivity contribution >= 4 is 5.78 Å². The monoisotopic (exact) mass is 334 g/mol. The first kappa shape index (κ1) is 21.2. The Kier molecular flexibility index (Phi) is 5.14. The lowest BCUT2D eigenvalue weighted by molar-refractivity contribution is -0.133. The number of hydrogen-bond donors (Lipinski definition) is 0. The van der Waals surface area contributed by atoms with Crippen LogP contribution in [0.25, 0.3) is 0 Å². The molecule has 0 unspecified atom stereocenters. The predicted molar refractivity (Wildman–Crippen MR) is 103 cm³/mol. The second-order valence-corrected chi connectivity index (χ2v) is 11.2. The van der Waals surface area contributed by atoms with Crippen LogP contribution in [0.4, 0.5) is 0 Å². The highest BCUT2D eigenvalue weighted by atomic mass is 16.5. The number of carbonyl (C=O) groups is 1. The molecule has 0 N–H and O–H groups in total. The van der Waals surface area contributed by atoms with Gasteiger partial charge in [-0.3, -0.25) is 4.79 Å². The van der Waals surface area contributed by atoms with Crippen LogP contribution in [0.5, 0.6) is 0 Å². The van der Waals surface area contributed by atoms with Gasteiger partial charge in [-0.25, -0.2) is 0 Å². The van der Waals surface area contributed by atoms with Gasteiger partial charge in [0.15, 0.2) is 5.78 Å². The van der Waals surface area contributed by atoms with Gasteiger partial charge < -0.3 is 4.74 Å². The highest BCUT2D eigenvalue weighted by Crippen LogP contribution is 2.48. The molecule has 0 aromatic heterocycles. The van der Waals surface area contributed by atoms with E-state index in [1.165, 1.54) is 0 Å². The third kappa shape index (κ3) is 4.39. The number of ketones is 1. The second kappa shape index (κ2) is 5.83. The molecule has 0 aromatic rings. The summed E-state index contributed by atoms with van der Waals surface area (Å²) in [6.07, 6.45) is 4.19. The van der Waals surface area contributed by atoms with Gasteiger partial charge in [0, 0.05) is 11.1 Å². The Hall–Kier alpha value is -0.890. The van der Waals surface area contributed by atoms with Gasteiger partial charge in [-0.15, -0.1) is 0 Å². The molecule has 0 bridgehead atoms. The molecule has 1 rings (SSSR count). The Morgan fingerprint density at radius 3 is 1.25 bits per heavy atom. The maximum absolute atomic E-state index is 13.2. The lowest BCUT2D eigenvalue weighted by Crippen LogP contribution is -2.50. The zero-order chi connectivity index (χ0) is 19.4. The Bertz CT molecular complexity index is 527. The van der Waals surface area contributed by atoms with Crippen molar-refractivity contribution in [3.05, 3.63) is 23.3 Å². The minimum absolute atomic E-state index is 0.160. The molecule has 0 aliphatic heterocycles. The Labute approximate surface area is 149 Å². The molecule has 0 spiro atoms. The van der Waals surface area contributed by atoms with Crippen LogP contribution < -0.4 is 0 Å². The average Bonchev–Trinajstić information content (AvgIpc) is 2.24. The van der Waals surface area contributed by atoms with Crippen molar-refractivity contribution in [3.63, 3.8) is 0 Å². The smallest absolute Gasteiger partial charge is 0.185 e. The fourth-order valence-corrected chi connectivity index (χ4v) is 3.01. The van der Waals surface area contributed by atoms with Crippen LogP contribution in [0.2, 0.25) is 0 Å². The van der Waals surface area contributed by atoms with E-state index in [2.05, 4.69) is 95.2 Å². The quantitative estimate of drug-likeness (QED) is 0.578. The van der Waals surface area contributed by atoms with Gasteiger partial charge in [0.1, 0.15) is 5.60 Å². The SMILES string of the molecule is CC(C)(C)OC1(C(C)(C)C)C=C(C(C)(C)C)C(=O)C(C(C)(C)C)=C1. The van der Waals surface area contributed by atoms with Crippen molar-refractivity contribution in [2.75, 3.05) is 0 Å². The first-order valence-electron chi connectivity index (χ1n) is 9.02. The van der Waals surface area contributed by atoms with Gasteiger partial charge in [-0.2, -0.15) is 0 Å². The molecule has 2 nitrogen and oxygen atoms in total. The van der Waals surface area contributed by atoms with E-state index in [-0.39, 0.29) is 27.6 Å². The molecule has 1 aliphatic carbocycles. The normalized spacial score (nSPS) is 19.9. The van der Waals surface area contributed by atoms with Crippen LogP contribution in [0.3, 0.4) is 0 Å². The first-order chi connectivity index (χ1) is 10.3. The molecule has 0 aromatic carbocycles. The van der Waals surface area contributed by atoms with E-state index in [1.54, 1.807) is 0 Å². The van der Waals surface area contributed by atoms with E-state index in [0.717, 1.165) is 11.1 Å². The highest BCUT2D eigenvalue weighted by Gasteiger charge is 2.49. The Balaban J connectivity index is 3.79. The Morgan fingerprint density at radius 1 is 0.708 bits per heavy atom. The summed E-state index contributed by atoms with van der Waals surface area (Å²) >= 11 is 0. The molecule has 0 saturated carbocycles. The minimum Gasteiger partial charge on any atom is -0.361 e. The summed E-state index contributed by atoms with van der Waals surface area (Å²) in [6, 6.07) is 0. The van der Waals surface area contributed by atoms with Crippen LogP contribution in [-0.4, -0.2) is 17.0 Å². The van der Waals surface area contributed by atoms with Crippen LogP contribution in [0.1, 0.15) is 83.1 Å². The molecule has 0 saturated heterocycles. The number of rotatable bonds is 1. The van der Waals surface area contributed by atoms with Crippen molar-refractivity contribution in [2.24, 2.45) is 16.2 Å². The van der Waals surface area contributed by atoms with Gasteiger partial charge >= 0.3 is 0 Å². The molecular formula is C22H38O2. The van der Waals surface area contributed by atoms with Crippen LogP contribution >= 0.6 is 0 Å². The third-order valence-electron chi connectivity index (χ3n) is 4.47. The van der Waals surface area contributed by atoms with Crippen molar-refractivity contribution in [1.82, 2.24) is 0 Å². The highest BCUT2D eigenvalue weighted by molar-refractivity contribution is 6.11. The van der Waals surface area contributed by atoms with Gasteiger partial charge in [0.05, 0.1) is 5.60 Å². The fourth-order valence-electron chi connectivity index (χ4n) is 3.01. The topological polar surface area (TPSA) is 26.3 Å². The third-order valence-corrected chi connectivity index (χ3v) is 4.47. The van der Waals surface area contributed by atoms with Gasteiger partial charge in [-0.05, 0) is 49.2 Å². The van der Waals surface area contributed by atoms with Crippen molar-refractivity contribution in [1.29, 1.82) is 0 Å². The molecular weight excluding hydrogens is 296 g/mol. The van der Waals surface area contributed by atoms with Crippen LogP contribution in [-0.2, 0) is 9.53 Å². The largest absolute Gasteiger partial charge is 0.361 e. The molecule has 24 heavy (non-hydrogen) atoms.